The van der Waals surface area contributed by atoms with Crippen LogP contribution in [-0.2, 0) is 22.3 Å². The lowest BCUT2D eigenvalue weighted by atomic mass is 9.95. The van der Waals surface area contributed by atoms with E-state index in [0.717, 1.165) is 22.4 Å². The fourth-order valence-corrected chi connectivity index (χ4v) is 3.32. The Kier molecular flexibility index (Phi) is 7.75. The molecule has 0 radical (unpaired) electrons. The average Bonchev–Trinajstić information content (AvgIpc) is 3.09. The molecule has 0 saturated carbocycles. The van der Waals surface area contributed by atoms with Crippen LogP contribution in [0.5, 0.6) is 17.2 Å². The number of carbonyl (C=O) groups excluding carboxylic acids is 1. The van der Waals surface area contributed by atoms with Gasteiger partial charge in [-0.25, -0.2) is 4.79 Å². The summed E-state index contributed by atoms with van der Waals surface area (Å²) < 4.78 is 27.1. The van der Waals surface area contributed by atoms with E-state index in [1.54, 1.807) is 35.4 Å². The zero-order valence-corrected chi connectivity index (χ0v) is 17.4. The van der Waals surface area contributed by atoms with E-state index in [9.17, 15) is 4.79 Å². The Hall–Kier alpha value is -2.67. The quantitative estimate of drug-likeness (QED) is 0.623. The highest BCUT2D eigenvalue weighted by Gasteiger charge is 2.27. The maximum Gasteiger partial charge on any atom is 0.355 e. The first kappa shape index (κ1) is 21.6. The van der Waals surface area contributed by atoms with Gasteiger partial charge in [-0.15, -0.1) is 0 Å². The molecule has 0 aliphatic rings. The van der Waals surface area contributed by atoms with Gasteiger partial charge in [0.15, 0.2) is 11.5 Å². The Morgan fingerprint density at radius 1 is 1.00 bits per heavy atom. The van der Waals surface area contributed by atoms with Crippen LogP contribution >= 0.6 is 0 Å². The fourth-order valence-electron chi connectivity index (χ4n) is 3.32. The summed E-state index contributed by atoms with van der Waals surface area (Å²) in [6, 6.07) is 3.74. The van der Waals surface area contributed by atoms with Gasteiger partial charge in [0.1, 0.15) is 5.69 Å². The lowest BCUT2D eigenvalue weighted by molar-refractivity contribution is 0.0518. The van der Waals surface area contributed by atoms with Crippen LogP contribution in [0.2, 0.25) is 0 Å². The average molecular weight is 391 g/mol. The SMILES string of the molecule is CCOC(=O)c1[nH]c(CC)c(-c2ccc(OC)c(OC)c2OC)c1CCOC. The summed E-state index contributed by atoms with van der Waals surface area (Å²) in [7, 11) is 6.36. The van der Waals surface area contributed by atoms with E-state index in [2.05, 4.69) is 4.98 Å². The number of H-pyrrole nitrogens is 1. The van der Waals surface area contributed by atoms with Gasteiger partial charge < -0.3 is 28.7 Å². The number of hydrogen-bond acceptors (Lipinski definition) is 6. The molecule has 7 heteroatoms. The number of ether oxygens (including phenoxy) is 5. The van der Waals surface area contributed by atoms with Crippen molar-refractivity contribution in [3.8, 4) is 28.4 Å². The van der Waals surface area contributed by atoms with E-state index in [1.165, 1.54) is 0 Å². The molecule has 0 fully saturated rings. The van der Waals surface area contributed by atoms with E-state index in [-0.39, 0.29) is 5.97 Å². The number of carbonyl (C=O) groups is 1. The predicted octanol–water partition coefficient (Wildman–Crippen LogP) is 3.64. The number of hydrogen-bond donors (Lipinski definition) is 1. The largest absolute Gasteiger partial charge is 0.493 e. The lowest BCUT2D eigenvalue weighted by Gasteiger charge is -2.17. The van der Waals surface area contributed by atoms with E-state index in [0.29, 0.717) is 49.0 Å². The highest BCUT2D eigenvalue weighted by molar-refractivity contribution is 5.94. The third kappa shape index (κ3) is 4.09. The minimum atomic E-state index is -0.381. The summed E-state index contributed by atoms with van der Waals surface area (Å²) in [5, 5.41) is 0. The molecular formula is C21H29NO6. The second-order valence-corrected chi connectivity index (χ2v) is 6.03. The van der Waals surface area contributed by atoms with Crippen LogP contribution in [0.15, 0.2) is 12.1 Å². The molecule has 0 aliphatic carbocycles. The van der Waals surface area contributed by atoms with Crippen molar-refractivity contribution in [2.75, 3.05) is 41.7 Å². The van der Waals surface area contributed by atoms with E-state index < -0.39 is 0 Å². The summed E-state index contributed by atoms with van der Waals surface area (Å²) in [6.07, 6.45) is 1.25. The predicted molar refractivity (Wildman–Crippen MR) is 107 cm³/mol. The van der Waals surface area contributed by atoms with Gasteiger partial charge in [0.25, 0.3) is 0 Å². The molecule has 0 aliphatic heterocycles. The maximum absolute atomic E-state index is 12.5. The van der Waals surface area contributed by atoms with Crippen molar-refractivity contribution < 1.29 is 28.5 Å². The topological polar surface area (TPSA) is 79.0 Å². The molecule has 0 unspecified atom stereocenters. The van der Waals surface area contributed by atoms with Crippen molar-refractivity contribution in [1.29, 1.82) is 0 Å². The molecule has 1 heterocycles. The molecule has 7 nitrogen and oxygen atoms in total. The van der Waals surface area contributed by atoms with E-state index in [1.807, 2.05) is 19.1 Å². The molecule has 2 aromatic rings. The number of nitrogens with one attached hydrogen (secondary N) is 1. The van der Waals surface area contributed by atoms with Crippen molar-refractivity contribution in [2.24, 2.45) is 0 Å². The van der Waals surface area contributed by atoms with E-state index in [4.69, 9.17) is 23.7 Å². The van der Waals surface area contributed by atoms with Crippen LogP contribution in [-0.4, -0.2) is 52.6 Å². The van der Waals surface area contributed by atoms with Gasteiger partial charge in [-0.1, -0.05) is 6.92 Å². The van der Waals surface area contributed by atoms with E-state index >= 15 is 0 Å². The normalized spacial score (nSPS) is 10.6. The summed E-state index contributed by atoms with van der Waals surface area (Å²) in [5.74, 6) is 1.24. The van der Waals surface area contributed by atoms with Crippen molar-refractivity contribution in [2.45, 2.75) is 26.7 Å². The van der Waals surface area contributed by atoms with Gasteiger partial charge in [-0.05, 0) is 37.5 Å². The Morgan fingerprint density at radius 2 is 1.71 bits per heavy atom. The third-order valence-electron chi connectivity index (χ3n) is 4.54. The summed E-state index contributed by atoms with van der Waals surface area (Å²) in [4.78, 5) is 15.8. The summed E-state index contributed by atoms with van der Waals surface area (Å²) in [6.45, 7) is 4.58. The zero-order valence-electron chi connectivity index (χ0n) is 17.4. The molecule has 28 heavy (non-hydrogen) atoms. The lowest BCUT2D eigenvalue weighted by Crippen LogP contribution is -2.09. The molecule has 0 atom stereocenters. The Bertz CT molecular complexity index is 812. The van der Waals surface area contributed by atoms with Crippen molar-refractivity contribution in [3.63, 3.8) is 0 Å². The Labute approximate surface area is 165 Å². The first-order valence-corrected chi connectivity index (χ1v) is 9.26. The van der Waals surface area contributed by atoms with Crippen LogP contribution in [0.3, 0.4) is 0 Å². The van der Waals surface area contributed by atoms with Gasteiger partial charge in [-0.3, -0.25) is 0 Å². The molecule has 1 aromatic heterocycles. The van der Waals surface area contributed by atoms with Crippen LogP contribution < -0.4 is 14.2 Å². The highest BCUT2D eigenvalue weighted by Crippen LogP contribution is 2.46. The smallest absolute Gasteiger partial charge is 0.355 e. The molecular weight excluding hydrogens is 362 g/mol. The monoisotopic (exact) mass is 391 g/mol. The third-order valence-corrected chi connectivity index (χ3v) is 4.54. The highest BCUT2D eigenvalue weighted by atomic mass is 16.5. The second kappa shape index (κ2) is 10.0. The van der Waals surface area contributed by atoms with Crippen molar-refractivity contribution in [1.82, 2.24) is 4.98 Å². The fraction of sp³-hybridized carbons (Fsp3) is 0.476. The van der Waals surface area contributed by atoms with Gasteiger partial charge in [-0.2, -0.15) is 0 Å². The Morgan fingerprint density at radius 3 is 2.25 bits per heavy atom. The number of aromatic amines is 1. The Balaban J connectivity index is 2.78. The van der Waals surface area contributed by atoms with Crippen LogP contribution in [0.4, 0.5) is 0 Å². The maximum atomic E-state index is 12.5. The zero-order chi connectivity index (χ0) is 20.7. The number of benzene rings is 1. The first-order valence-electron chi connectivity index (χ1n) is 9.26. The van der Waals surface area contributed by atoms with Gasteiger partial charge in [0.2, 0.25) is 5.75 Å². The molecule has 1 aromatic carbocycles. The van der Waals surface area contributed by atoms with Crippen LogP contribution in [0, 0.1) is 0 Å². The molecule has 0 saturated heterocycles. The molecule has 0 bridgehead atoms. The van der Waals surface area contributed by atoms with Gasteiger partial charge in [0, 0.05) is 23.9 Å². The molecule has 2 rings (SSSR count). The summed E-state index contributed by atoms with van der Waals surface area (Å²) in [5.41, 5.74) is 3.92. The van der Waals surface area contributed by atoms with Gasteiger partial charge in [0.05, 0.1) is 34.5 Å². The number of aromatic nitrogens is 1. The number of methoxy groups -OCH3 is 4. The minimum Gasteiger partial charge on any atom is -0.493 e. The number of rotatable bonds is 10. The van der Waals surface area contributed by atoms with Gasteiger partial charge >= 0.3 is 5.97 Å². The molecule has 0 spiro atoms. The number of esters is 1. The summed E-state index contributed by atoms with van der Waals surface area (Å²) >= 11 is 0. The van der Waals surface area contributed by atoms with Crippen molar-refractivity contribution >= 4 is 5.97 Å². The first-order chi connectivity index (χ1) is 13.6. The standard InChI is InChI=1S/C21H29NO6/c1-7-15-17(13(11-12-24-3)18(22-15)21(23)28-8-2)14-9-10-16(25-4)20(27-6)19(14)26-5/h9-10,22H,7-8,11-12H2,1-6H3. The van der Waals surface area contributed by atoms with Crippen LogP contribution in [0.25, 0.3) is 11.1 Å². The minimum absolute atomic E-state index is 0.304. The van der Waals surface area contributed by atoms with Crippen LogP contribution in [0.1, 0.15) is 35.6 Å². The number of aryl methyl sites for hydroxylation is 1. The second-order valence-electron chi connectivity index (χ2n) is 6.03. The molecule has 1 N–H and O–H groups in total. The van der Waals surface area contributed by atoms with Crippen molar-refractivity contribution in [3.05, 3.63) is 29.1 Å². The molecule has 0 amide bonds. The molecule has 154 valence electrons.